The van der Waals surface area contributed by atoms with E-state index in [1.165, 1.54) is 7.11 Å². The van der Waals surface area contributed by atoms with Crippen LogP contribution in [0.2, 0.25) is 0 Å². The first-order valence-corrected chi connectivity index (χ1v) is 8.75. The summed E-state index contributed by atoms with van der Waals surface area (Å²) in [5, 5.41) is 12.3. The van der Waals surface area contributed by atoms with Crippen LogP contribution in [0.1, 0.15) is 29.0 Å². The van der Waals surface area contributed by atoms with Crippen molar-refractivity contribution in [2.45, 2.75) is 19.8 Å². The number of nitrogens with zero attached hydrogens (tertiary/aromatic N) is 3. The van der Waals surface area contributed by atoms with E-state index < -0.39 is 11.9 Å². The van der Waals surface area contributed by atoms with Crippen molar-refractivity contribution < 1.29 is 19.4 Å². The number of carboxylic acid groups (broad SMARTS) is 1. The predicted octanol–water partition coefficient (Wildman–Crippen LogP) is 2.62. The van der Waals surface area contributed by atoms with Gasteiger partial charge in [0.15, 0.2) is 0 Å². The fourth-order valence-electron chi connectivity index (χ4n) is 3.15. The van der Waals surface area contributed by atoms with E-state index in [1.54, 1.807) is 25.1 Å². The van der Waals surface area contributed by atoms with E-state index in [9.17, 15) is 9.59 Å². The minimum absolute atomic E-state index is 0.297. The molecule has 0 radical (unpaired) electrons. The van der Waals surface area contributed by atoms with E-state index in [1.807, 2.05) is 12.1 Å². The lowest BCUT2D eigenvalue weighted by atomic mass is 9.97. The SMILES string of the molecule is COC(=O)c1ccccc1Nc1cc(N2CCC(C(=O)O)CC2)nc(C)n1. The summed E-state index contributed by atoms with van der Waals surface area (Å²) in [6.45, 7) is 3.06. The van der Waals surface area contributed by atoms with Crippen molar-refractivity contribution in [3.05, 3.63) is 41.7 Å². The highest BCUT2D eigenvalue weighted by Gasteiger charge is 2.25. The zero-order chi connectivity index (χ0) is 19.4. The zero-order valence-electron chi connectivity index (χ0n) is 15.3. The van der Waals surface area contributed by atoms with Gasteiger partial charge in [-0.1, -0.05) is 12.1 Å². The van der Waals surface area contributed by atoms with Crippen molar-refractivity contribution in [2.24, 2.45) is 5.92 Å². The number of aliphatic carboxylic acids is 1. The van der Waals surface area contributed by atoms with Crippen molar-refractivity contribution >= 4 is 29.3 Å². The minimum atomic E-state index is -0.740. The normalized spacial score (nSPS) is 14.7. The Labute approximate surface area is 157 Å². The Balaban J connectivity index is 1.81. The first kappa shape index (κ1) is 18.6. The molecule has 1 aliphatic rings. The number of nitrogens with one attached hydrogen (secondary N) is 1. The highest BCUT2D eigenvalue weighted by Crippen LogP contribution is 2.26. The second-order valence-corrected chi connectivity index (χ2v) is 6.42. The molecule has 0 bridgehead atoms. The van der Waals surface area contributed by atoms with E-state index in [0.717, 1.165) is 5.82 Å². The largest absolute Gasteiger partial charge is 0.481 e. The molecular formula is C19H22N4O4. The van der Waals surface area contributed by atoms with Crippen LogP contribution in [-0.4, -0.2) is 47.2 Å². The van der Waals surface area contributed by atoms with Gasteiger partial charge in [0.2, 0.25) is 0 Å². The number of hydrogen-bond acceptors (Lipinski definition) is 7. The summed E-state index contributed by atoms with van der Waals surface area (Å²) in [5.41, 5.74) is 1.01. The molecule has 0 amide bonds. The number of carbonyl (C=O) groups is 2. The van der Waals surface area contributed by atoms with Crippen LogP contribution in [-0.2, 0) is 9.53 Å². The Morgan fingerprint density at radius 1 is 1.22 bits per heavy atom. The molecular weight excluding hydrogens is 348 g/mol. The van der Waals surface area contributed by atoms with Crippen LogP contribution in [0.25, 0.3) is 0 Å². The molecule has 0 aliphatic carbocycles. The Morgan fingerprint density at radius 2 is 1.93 bits per heavy atom. The molecule has 8 heteroatoms. The van der Waals surface area contributed by atoms with E-state index >= 15 is 0 Å². The van der Waals surface area contributed by atoms with Gasteiger partial charge in [-0.15, -0.1) is 0 Å². The number of para-hydroxylation sites is 1. The van der Waals surface area contributed by atoms with Crippen molar-refractivity contribution in [2.75, 3.05) is 30.4 Å². The predicted molar refractivity (Wildman–Crippen MR) is 100 cm³/mol. The Bertz CT molecular complexity index is 847. The van der Waals surface area contributed by atoms with Gasteiger partial charge in [-0.3, -0.25) is 4.79 Å². The van der Waals surface area contributed by atoms with Crippen molar-refractivity contribution in [3.63, 3.8) is 0 Å². The molecule has 1 aromatic carbocycles. The van der Waals surface area contributed by atoms with Crippen LogP contribution in [0.4, 0.5) is 17.3 Å². The lowest BCUT2D eigenvalue weighted by Crippen LogP contribution is -2.36. The van der Waals surface area contributed by atoms with Crippen LogP contribution in [0.15, 0.2) is 30.3 Å². The third-order valence-corrected chi connectivity index (χ3v) is 4.59. The molecule has 2 N–H and O–H groups in total. The smallest absolute Gasteiger partial charge is 0.339 e. The number of aromatic nitrogens is 2. The number of rotatable bonds is 5. The topological polar surface area (TPSA) is 105 Å². The van der Waals surface area contributed by atoms with Gasteiger partial charge in [0.05, 0.1) is 24.3 Å². The van der Waals surface area contributed by atoms with Gasteiger partial charge in [0.25, 0.3) is 0 Å². The summed E-state index contributed by atoms with van der Waals surface area (Å²) in [4.78, 5) is 34.0. The molecule has 3 rings (SSSR count). The van der Waals surface area contributed by atoms with Crippen molar-refractivity contribution in [1.29, 1.82) is 0 Å². The molecule has 1 aromatic heterocycles. The van der Waals surface area contributed by atoms with Gasteiger partial charge in [0.1, 0.15) is 17.5 Å². The number of anilines is 3. The first-order chi connectivity index (χ1) is 13.0. The van der Waals surface area contributed by atoms with Crippen LogP contribution in [0.5, 0.6) is 0 Å². The third-order valence-electron chi connectivity index (χ3n) is 4.59. The van der Waals surface area contributed by atoms with Gasteiger partial charge >= 0.3 is 11.9 Å². The van der Waals surface area contributed by atoms with Crippen LogP contribution >= 0.6 is 0 Å². The lowest BCUT2D eigenvalue weighted by Gasteiger charge is -2.31. The van der Waals surface area contributed by atoms with Crippen molar-refractivity contribution in [1.82, 2.24) is 9.97 Å². The van der Waals surface area contributed by atoms with Gasteiger partial charge in [-0.05, 0) is 31.9 Å². The standard InChI is InChI=1S/C19H22N4O4/c1-12-20-16(22-15-6-4-3-5-14(15)19(26)27-2)11-17(21-12)23-9-7-13(8-10-23)18(24)25/h3-6,11,13H,7-10H2,1-2H3,(H,24,25)(H,20,21,22). The fourth-order valence-corrected chi connectivity index (χ4v) is 3.15. The second-order valence-electron chi connectivity index (χ2n) is 6.42. The molecule has 0 atom stereocenters. The van der Waals surface area contributed by atoms with E-state index in [2.05, 4.69) is 20.2 Å². The molecule has 8 nitrogen and oxygen atoms in total. The average molecular weight is 370 g/mol. The minimum Gasteiger partial charge on any atom is -0.481 e. The molecule has 27 heavy (non-hydrogen) atoms. The van der Waals surface area contributed by atoms with Gasteiger partial charge < -0.3 is 20.1 Å². The summed E-state index contributed by atoms with van der Waals surface area (Å²) in [7, 11) is 1.34. The zero-order valence-corrected chi connectivity index (χ0v) is 15.3. The second kappa shape index (κ2) is 8.03. The average Bonchev–Trinajstić information content (AvgIpc) is 2.67. The number of hydrogen-bond donors (Lipinski definition) is 2. The Morgan fingerprint density at radius 3 is 2.59 bits per heavy atom. The number of benzene rings is 1. The number of ether oxygens (including phenoxy) is 1. The first-order valence-electron chi connectivity index (χ1n) is 8.75. The maximum Gasteiger partial charge on any atom is 0.339 e. The van der Waals surface area contributed by atoms with Crippen LogP contribution in [0, 0.1) is 12.8 Å². The van der Waals surface area contributed by atoms with Crippen LogP contribution in [0.3, 0.4) is 0 Å². The molecule has 1 aliphatic heterocycles. The number of aryl methyl sites for hydroxylation is 1. The molecule has 1 saturated heterocycles. The highest BCUT2D eigenvalue weighted by atomic mass is 16.5. The summed E-state index contributed by atoms with van der Waals surface area (Å²) in [6.07, 6.45) is 1.18. The van der Waals surface area contributed by atoms with Gasteiger partial charge in [-0.25, -0.2) is 14.8 Å². The number of carbonyl (C=O) groups excluding carboxylic acids is 1. The number of carboxylic acids is 1. The summed E-state index contributed by atoms with van der Waals surface area (Å²) in [6, 6.07) is 8.85. The third kappa shape index (κ3) is 4.33. The molecule has 1 fully saturated rings. The molecule has 0 saturated carbocycles. The monoisotopic (exact) mass is 370 g/mol. The molecule has 142 valence electrons. The quantitative estimate of drug-likeness (QED) is 0.774. The van der Waals surface area contributed by atoms with Gasteiger partial charge in [0, 0.05) is 19.2 Å². The van der Waals surface area contributed by atoms with E-state index in [-0.39, 0.29) is 5.92 Å². The molecule has 2 aromatic rings. The summed E-state index contributed by atoms with van der Waals surface area (Å²) < 4.78 is 4.82. The molecule has 0 spiro atoms. The van der Waals surface area contributed by atoms with Crippen molar-refractivity contribution in [3.8, 4) is 0 Å². The molecule has 0 unspecified atom stereocenters. The van der Waals surface area contributed by atoms with E-state index in [0.29, 0.717) is 48.8 Å². The lowest BCUT2D eigenvalue weighted by molar-refractivity contribution is -0.142. The fraction of sp³-hybridized carbons (Fsp3) is 0.368. The number of methoxy groups -OCH3 is 1. The van der Waals surface area contributed by atoms with Crippen LogP contribution < -0.4 is 10.2 Å². The Kier molecular flexibility index (Phi) is 5.54. The number of piperidine rings is 1. The maximum atomic E-state index is 11.9. The van der Waals surface area contributed by atoms with Gasteiger partial charge in [-0.2, -0.15) is 0 Å². The number of esters is 1. The highest BCUT2D eigenvalue weighted by molar-refractivity contribution is 5.96. The molecule has 2 heterocycles. The Hall–Kier alpha value is -3.16. The summed E-state index contributed by atoms with van der Waals surface area (Å²) >= 11 is 0. The summed E-state index contributed by atoms with van der Waals surface area (Å²) in [5.74, 6) is 0.424. The van der Waals surface area contributed by atoms with E-state index in [4.69, 9.17) is 9.84 Å². The maximum absolute atomic E-state index is 11.9.